The molecule has 0 unspecified atom stereocenters. The van der Waals surface area contributed by atoms with Gasteiger partial charge in [-0.15, -0.1) is 29.3 Å². The van der Waals surface area contributed by atoms with Gasteiger partial charge in [0.1, 0.15) is 11.6 Å². The van der Waals surface area contributed by atoms with Crippen molar-refractivity contribution in [3.63, 3.8) is 0 Å². The van der Waals surface area contributed by atoms with E-state index in [0.29, 0.717) is 44.5 Å². The van der Waals surface area contributed by atoms with E-state index in [-0.39, 0.29) is 55.0 Å². The minimum absolute atomic E-state index is 0. The van der Waals surface area contributed by atoms with Gasteiger partial charge in [0.25, 0.3) is 0 Å². The Morgan fingerprint density at radius 1 is 0.656 bits per heavy atom. The molecule has 0 aliphatic rings. The van der Waals surface area contributed by atoms with Crippen LogP contribution >= 0.6 is 0 Å². The van der Waals surface area contributed by atoms with E-state index >= 15 is 0 Å². The topological polar surface area (TPSA) is 50.9 Å². The van der Waals surface area contributed by atoms with Gasteiger partial charge in [0, 0.05) is 54.9 Å². The molecule has 0 saturated carbocycles. The molecule has 1 N–H and O–H groups in total. The molecule has 0 amide bonds. The van der Waals surface area contributed by atoms with Gasteiger partial charge in [-0.3, -0.25) is 9.55 Å². The Labute approximate surface area is 403 Å². The second-order valence-corrected chi connectivity index (χ2v) is 17.1. The molecule has 5 heteroatoms. The molecule has 8 aromatic rings. The summed E-state index contributed by atoms with van der Waals surface area (Å²) in [4.78, 5) is 9.69. The molecule has 0 fully saturated rings. The number of phenols is 1. The molecular formula is C56H56N3OPt-. The van der Waals surface area contributed by atoms with Gasteiger partial charge in [-0.25, -0.2) is 4.98 Å². The third-order valence-corrected chi connectivity index (χ3v) is 10.6. The monoisotopic (exact) mass is 1000 g/mol. The van der Waals surface area contributed by atoms with Crippen LogP contribution in [0.3, 0.4) is 0 Å². The zero-order valence-corrected chi connectivity index (χ0v) is 37.0. The fourth-order valence-electron chi connectivity index (χ4n) is 7.22. The summed E-state index contributed by atoms with van der Waals surface area (Å²) in [5.74, 6) is 0.0524. The molecule has 0 aliphatic heterocycles. The number of aryl methyl sites for hydroxylation is 1. The molecule has 61 heavy (non-hydrogen) atoms. The minimum atomic E-state index is -3.57. The predicted octanol–water partition coefficient (Wildman–Crippen LogP) is 14.8. The summed E-state index contributed by atoms with van der Waals surface area (Å²) >= 11 is 0. The summed E-state index contributed by atoms with van der Waals surface area (Å²) in [7, 11) is 0. The second-order valence-electron chi connectivity index (χ2n) is 17.1. The smallest absolute Gasteiger partial charge is 0.148 e. The summed E-state index contributed by atoms with van der Waals surface area (Å²) in [6.07, 6.45) is -0.680. The molecule has 2 heterocycles. The van der Waals surface area contributed by atoms with Crippen LogP contribution < -0.4 is 0 Å². The van der Waals surface area contributed by atoms with E-state index in [0.717, 1.165) is 5.56 Å². The van der Waals surface area contributed by atoms with Crippen LogP contribution in [0.1, 0.15) is 116 Å². The standard InChI is InChI=1S/C56H56N3O.Pt/c1-35-20-22-37(23-21-35)39-26-27-57-48(32-39)41-29-40(30-44(31-41)56(9,10)11)45-18-15-19-50-51(45)58-53(47-34-43(55(6,7)8)28-36(2)52(47)60)59(50)49-25-24-42(54(3,4)5)33-46(49)38-16-13-12-14-17-38;/h12-28,30-34,60H,1-11H3;/q-1;/i1D3,3D3,4D3,5D3,20D,21D,22D,23D,26D,27D,32D;. The number of fused-ring (bicyclic) bond motifs is 1. The first-order valence-corrected chi connectivity index (χ1v) is 19.5. The molecule has 0 bridgehead atoms. The van der Waals surface area contributed by atoms with Crippen molar-refractivity contribution in [2.75, 3.05) is 0 Å². The Bertz CT molecular complexity index is 3690. The molecule has 312 valence electrons. The maximum Gasteiger partial charge on any atom is 0.148 e. The number of nitrogens with zero attached hydrogens (tertiary/aromatic N) is 3. The number of hydrogen-bond acceptors (Lipinski definition) is 3. The summed E-state index contributed by atoms with van der Waals surface area (Å²) in [6.45, 7) is -0.175. The van der Waals surface area contributed by atoms with Crippen molar-refractivity contribution in [1.82, 2.24) is 14.5 Å². The van der Waals surface area contributed by atoms with Crippen LogP contribution in [-0.4, -0.2) is 19.6 Å². The summed E-state index contributed by atoms with van der Waals surface area (Å²) < 4.78 is 165. The van der Waals surface area contributed by atoms with Gasteiger partial charge in [0.2, 0.25) is 0 Å². The molecule has 0 spiro atoms. The van der Waals surface area contributed by atoms with Crippen LogP contribution in [0.4, 0.5) is 0 Å². The third kappa shape index (κ3) is 8.66. The van der Waals surface area contributed by atoms with Gasteiger partial charge in [-0.2, -0.15) is 0 Å². The second kappa shape index (κ2) is 16.4. The third-order valence-electron chi connectivity index (χ3n) is 10.6. The van der Waals surface area contributed by atoms with Crippen molar-refractivity contribution in [1.29, 1.82) is 0 Å². The maximum absolute atomic E-state index is 12.1. The number of aromatic hydroxyl groups is 1. The fraction of sp³-hybridized carbons (Fsp3) is 0.250. The van der Waals surface area contributed by atoms with Gasteiger partial charge in [0.15, 0.2) is 0 Å². The Hall–Kier alpha value is -5.57. The van der Waals surface area contributed by atoms with E-state index in [9.17, 15) is 6.48 Å². The van der Waals surface area contributed by atoms with Gasteiger partial charge < -0.3 is 5.11 Å². The summed E-state index contributed by atoms with van der Waals surface area (Å²) in [5.41, 5.74) is -2.10. The van der Waals surface area contributed by atoms with E-state index < -0.39 is 108 Å². The Balaban J connectivity index is 0.00000924. The van der Waals surface area contributed by atoms with Gasteiger partial charge in [-0.05, 0) is 93.7 Å². The van der Waals surface area contributed by atoms with Gasteiger partial charge in [-0.1, -0.05) is 164 Å². The summed E-state index contributed by atoms with van der Waals surface area (Å²) in [5, 5.41) is 12.1. The molecule has 0 radical (unpaired) electrons. The largest absolute Gasteiger partial charge is 0.507 e. The zero-order valence-electron chi connectivity index (χ0n) is 53.8. The Morgan fingerprint density at radius 2 is 1.34 bits per heavy atom. The zero-order chi connectivity index (χ0) is 58.8. The molecule has 6 aromatic carbocycles. The summed E-state index contributed by atoms with van der Waals surface area (Å²) in [6, 6.07) is 23.7. The van der Waals surface area contributed by atoms with Crippen molar-refractivity contribution in [2.24, 2.45) is 0 Å². The number of rotatable bonds is 6. The number of imidazole rings is 1. The van der Waals surface area contributed by atoms with Crippen LogP contribution in [0, 0.1) is 19.8 Å². The van der Waals surface area contributed by atoms with E-state index in [1.807, 2.05) is 59.7 Å². The quantitative estimate of drug-likeness (QED) is 0.169. The van der Waals surface area contributed by atoms with Crippen LogP contribution in [0.25, 0.3) is 72.7 Å². The van der Waals surface area contributed by atoms with Crippen LogP contribution in [0.15, 0.2) is 133 Å². The van der Waals surface area contributed by atoms with E-state index in [2.05, 4.69) is 11.1 Å². The number of para-hydroxylation sites is 1. The van der Waals surface area contributed by atoms with Crippen molar-refractivity contribution in [2.45, 2.75) is 92.1 Å². The predicted molar refractivity (Wildman–Crippen MR) is 252 cm³/mol. The molecule has 8 rings (SSSR count). The first kappa shape index (κ1) is 25.4. The SMILES string of the molecule is [2H]c1nc(-c2[c-]c(-c3cccc4c3nc(-c3cc(C(C)(C)C)cc(C)c3O)n4-c3ccc(C(C([2H])([2H])[2H])(C([2H])([2H])[2H])C([2H])([2H])[2H])cc3-c3ccccc3)cc(C(C)(C)C)c2)c([2H])c(-c2c([2H])c([2H])c(C([2H])([2H])[2H])c([2H])c2[2H])c1[2H].[Pt]. The molecule has 0 aliphatic carbocycles. The average Bonchev–Trinajstić information content (AvgIpc) is 3.85. The van der Waals surface area contributed by atoms with E-state index in [1.54, 1.807) is 66.1 Å². The first-order valence-electron chi connectivity index (χ1n) is 29.0. The maximum atomic E-state index is 12.1. The normalized spacial score (nSPS) is 17.5. The van der Waals surface area contributed by atoms with Gasteiger partial charge >= 0.3 is 0 Å². The molecular weight excluding hydrogens is 926 g/mol. The number of pyridine rings is 1. The van der Waals surface area contributed by atoms with Crippen molar-refractivity contribution < 1.29 is 52.2 Å². The van der Waals surface area contributed by atoms with E-state index in [4.69, 9.17) is 29.7 Å². The first-order chi connectivity index (χ1) is 36.2. The average molecular weight is 1000 g/mol. The van der Waals surface area contributed by atoms with Gasteiger partial charge in [0.05, 0.1) is 31.9 Å². The number of hydrogen-bond donors (Lipinski definition) is 1. The number of aromatic nitrogens is 3. The minimum Gasteiger partial charge on any atom is -0.507 e. The van der Waals surface area contributed by atoms with E-state index in [1.165, 1.54) is 18.2 Å². The number of phenolic OH excluding ortho intramolecular Hbond substituents is 1. The van der Waals surface area contributed by atoms with Crippen LogP contribution in [0.2, 0.25) is 0 Å². The van der Waals surface area contributed by atoms with Crippen LogP contribution in [-0.2, 0) is 37.3 Å². The molecule has 0 atom stereocenters. The fourth-order valence-corrected chi connectivity index (χ4v) is 7.22. The molecule has 2 aromatic heterocycles. The van der Waals surface area contributed by atoms with Crippen molar-refractivity contribution in [3.8, 4) is 67.5 Å². The Morgan fingerprint density at radius 3 is 2.03 bits per heavy atom. The molecule has 0 saturated heterocycles. The van der Waals surface area contributed by atoms with Crippen LogP contribution in [0.5, 0.6) is 5.75 Å². The Kier molecular flexibility index (Phi) is 6.81. The number of benzene rings is 6. The van der Waals surface area contributed by atoms with Crippen molar-refractivity contribution >= 4 is 11.0 Å². The van der Waals surface area contributed by atoms with Crippen molar-refractivity contribution in [3.05, 3.63) is 167 Å². The molecule has 4 nitrogen and oxygen atoms in total.